The zero-order chi connectivity index (χ0) is 20.1. The van der Waals surface area contributed by atoms with Gasteiger partial charge in [0.05, 0.1) is 27.7 Å². The number of anilines is 1. The summed E-state index contributed by atoms with van der Waals surface area (Å²) < 4.78 is 38.9. The summed E-state index contributed by atoms with van der Waals surface area (Å²) in [5.74, 6) is -2.28. The zero-order valence-corrected chi connectivity index (χ0v) is 16.5. The van der Waals surface area contributed by atoms with E-state index in [-0.39, 0.29) is 38.5 Å². The van der Waals surface area contributed by atoms with Crippen molar-refractivity contribution in [2.75, 3.05) is 11.9 Å². The lowest BCUT2D eigenvalue weighted by molar-refractivity contribution is -0.116. The first-order chi connectivity index (χ1) is 12.5. The van der Waals surface area contributed by atoms with E-state index in [4.69, 9.17) is 23.2 Å². The van der Waals surface area contributed by atoms with Crippen molar-refractivity contribution < 1.29 is 22.7 Å². The average Bonchev–Trinajstić information content (AvgIpc) is 2.55. The molecule has 0 fully saturated rings. The molecule has 1 N–H and O–H groups in total. The van der Waals surface area contributed by atoms with Crippen molar-refractivity contribution >= 4 is 55.3 Å². The highest BCUT2D eigenvalue weighted by molar-refractivity contribution is 8.00. The highest BCUT2D eigenvalue weighted by Gasteiger charge is 2.35. The molecule has 1 aromatic heterocycles. The van der Waals surface area contributed by atoms with Crippen molar-refractivity contribution in [3.8, 4) is 0 Å². The number of benzene rings is 1. The molecule has 2 aromatic rings. The molecule has 3 rings (SSSR count). The van der Waals surface area contributed by atoms with Gasteiger partial charge in [-0.3, -0.25) is 4.79 Å². The quantitative estimate of drug-likeness (QED) is 0.781. The fourth-order valence-electron chi connectivity index (χ4n) is 2.81. The van der Waals surface area contributed by atoms with Crippen LogP contribution < -0.4 is 4.90 Å². The van der Waals surface area contributed by atoms with Crippen molar-refractivity contribution in [3.05, 3.63) is 57.1 Å². The number of amides is 1. The van der Waals surface area contributed by atoms with Gasteiger partial charge in [-0.25, -0.2) is 17.8 Å². The molecule has 0 unspecified atom stereocenters. The molecular weight excluding hydrogens is 418 g/mol. The summed E-state index contributed by atoms with van der Waals surface area (Å²) in [6.45, 7) is 1.29. The fourth-order valence-corrected chi connectivity index (χ4v) is 5.26. The topological polar surface area (TPSA) is 87.6 Å². The van der Waals surface area contributed by atoms with Crippen LogP contribution in [-0.2, 0) is 20.4 Å². The first kappa shape index (κ1) is 19.6. The SMILES string of the molecule is CC(=O)N(C)c1c(Cl)ccc(C2=C(O)c3ncc(F)cc3CS2(=O)=O)c1Cl. The lowest BCUT2D eigenvalue weighted by Crippen LogP contribution is -2.24. The smallest absolute Gasteiger partial charge is 0.223 e. The first-order valence-corrected chi connectivity index (χ1v) is 9.99. The summed E-state index contributed by atoms with van der Waals surface area (Å²) in [5.41, 5.74) is 0.0752. The van der Waals surface area contributed by atoms with Gasteiger partial charge in [0.1, 0.15) is 16.4 Å². The van der Waals surface area contributed by atoms with E-state index in [0.29, 0.717) is 0 Å². The number of halogens is 3. The van der Waals surface area contributed by atoms with Gasteiger partial charge >= 0.3 is 0 Å². The van der Waals surface area contributed by atoms with Gasteiger partial charge < -0.3 is 10.0 Å². The molecule has 1 amide bonds. The second kappa shape index (κ2) is 6.78. The van der Waals surface area contributed by atoms with Crippen LogP contribution in [0.1, 0.15) is 23.7 Å². The van der Waals surface area contributed by atoms with Crippen molar-refractivity contribution in [2.45, 2.75) is 12.7 Å². The molecule has 0 saturated heterocycles. The second-order valence-electron chi connectivity index (χ2n) is 5.93. The lowest BCUT2D eigenvalue weighted by Gasteiger charge is -2.23. The molecule has 0 saturated carbocycles. The van der Waals surface area contributed by atoms with Gasteiger partial charge in [0, 0.05) is 19.5 Å². The Morgan fingerprint density at radius 3 is 2.63 bits per heavy atom. The summed E-state index contributed by atoms with van der Waals surface area (Å²) >= 11 is 12.5. The lowest BCUT2D eigenvalue weighted by atomic mass is 10.1. The maximum atomic E-state index is 13.4. The number of nitrogens with zero attached hydrogens (tertiary/aromatic N) is 2. The number of aliphatic hydroxyl groups is 1. The predicted molar refractivity (Wildman–Crippen MR) is 102 cm³/mol. The van der Waals surface area contributed by atoms with Crippen molar-refractivity contribution in [1.29, 1.82) is 0 Å². The molecular formula is C17H13Cl2FN2O4S. The molecule has 1 aromatic carbocycles. The van der Waals surface area contributed by atoms with Crippen molar-refractivity contribution in [3.63, 3.8) is 0 Å². The number of aromatic nitrogens is 1. The highest BCUT2D eigenvalue weighted by atomic mass is 35.5. The van der Waals surface area contributed by atoms with E-state index in [9.17, 15) is 22.7 Å². The molecule has 1 aliphatic rings. The Kier molecular flexibility index (Phi) is 4.92. The third-order valence-electron chi connectivity index (χ3n) is 4.15. The molecule has 1 aliphatic heterocycles. The Bertz CT molecular complexity index is 1120. The molecule has 0 spiro atoms. The molecule has 10 heteroatoms. The van der Waals surface area contributed by atoms with Gasteiger partial charge in [-0.1, -0.05) is 29.3 Å². The molecule has 0 radical (unpaired) electrons. The minimum atomic E-state index is -4.06. The predicted octanol–water partition coefficient (Wildman–Crippen LogP) is 3.82. The molecule has 142 valence electrons. The minimum absolute atomic E-state index is 0.0292. The number of hydrogen-bond acceptors (Lipinski definition) is 5. The molecule has 0 atom stereocenters. The highest BCUT2D eigenvalue weighted by Crippen LogP contribution is 2.44. The van der Waals surface area contributed by atoms with Gasteiger partial charge in [-0.05, 0) is 17.7 Å². The van der Waals surface area contributed by atoms with Crippen LogP contribution >= 0.6 is 23.2 Å². The van der Waals surface area contributed by atoms with Gasteiger partial charge in [0.15, 0.2) is 15.6 Å². The maximum absolute atomic E-state index is 13.4. The minimum Gasteiger partial charge on any atom is -0.504 e. The Balaban J connectivity index is 2.33. The van der Waals surface area contributed by atoms with E-state index in [1.165, 1.54) is 31.0 Å². The van der Waals surface area contributed by atoms with E-state index in [2.05, 4.69) is 4.98 Å². The number of hydrogen-bond donors (Lipinski definition) is 1. The van der Waals surface area contributed by atoms with Crippen molar-refractivity contribution in [2.24, 2.45) is 0 Å². The first-order valence-electron chi connectivity index (χ1n) is 7.58. The maximum Gasteiger partial charge on any atom is 0.223 e. The third kappa shape index (κ3) is 3.28. The molecule has 0 aliphatic carbocycles. The van der Waals surface area contributed by atoms with Crippen LogP contribution in [0.4, 0.5) is 10.1 Å². The fraction of sp³-hybridized carbons (Fsp3) is 0.176. The van der Waals surface area contributed by atoms with Crippen LogP contribution in [0, 0.1) is 5.82 Å². The largest absolute Gasteiger partial charge is 0.504 e. The molecule has 27 heavy (non-hydrogen) atoms. The number of carbonyl (C=O) groups excluding carboxylic acids is 1. The van der Waals surface area contributed by atoms with E-state index in [1.54, 1.807) is 0 Å². The van der Waals surface area contributed by atoms with Gasteiger partial charge in [-0.2, -0.15) is 0 Å². The van der Waals surface area contributed by atoms with E-state index in [0.717, 1.165) is 12.3 Å². The Morgan fingerprint density at radius 2 is 2.00 bits per heavy atom. The number of aliphatic hydroxyl groups excluding tert-OH is 1. The standard InChI is InChI=1S/C17H13Cl2FN2O4S/c1-8(23)22(2)15-12(18)4-3-11(13(15)19)17-16(24)14-9(7-27(17,25)26)5-10(20)6-21-14/h3-6,24H,7H2,1-2H3. The van der Waals surface area contributed by atoms with Gasteiger partial charge in [0.25, 0.3) is 0 Å². The number of carbonyl (C=O) groups is 1. The van der Waals surface area contributed by atoms with Gasteiger partial charge in [-0.15, -0.1) is 0 Å². The second-order valence-corrected chi connectivity index (χ2v) is 8.65. The number of pyridine rings is 1. The van der Waals surface area contributed by atoms with Crippen LogP contribution in [0.5, 0.6) is 0 Å². The Labute approximate surface area is 164 Å². The van der Waals surface area contributed by atoms with E-state index in [1.807, 2.05) is 0 Å². The normalized spacial score (nSPS) is 15.4. The molecule has 2 heterocycles. The monoisotopic (exact) mass is 430 g/mol. The van der Waals surface area contributed by atoms with E-state index >= 15 is 0 Å². The average molecular weight is 431 g/mol. The summed E-state index contributed by atoms with van der Waals surface area (Å²) in [4.78, 5) is 16.2. The Hall–Kier alpha value is -2.16. The van der Waals surface area contributed by atoms with Crippen LogP contribution in [-0.4, -0.2) is 31.5 Å². The third-order valence-corrected chi connectivity index (χ3v) is 6.56. The van der Waals surface area contributed by atoms with Crippen LogP contribution in [0.25, 0.3) is 10.7 Å². The van der Waals surface area contributed by atoms with Crippen LogP contribution in [0.2, 0.25) is 10.0 Å². The zero-order valence-electron chi connectivity index (χ0n) is 14.1. The van der Waals surface area contributed by atoms with Crippen LogP contribution in [0.3, 0.4) is 0 Å². The summed E-state index contributed by atoms with van der Waals surface area (Å²) in [5, 5.41) is 10.6. The Morgan fingerprint density at radius 1 is 1.33 bits per heavy atom. The molecule has 0 bridgehead atoms. The number of sulfone groups is 1. The summed E-state index contributed by atoms with van der Waals surface area (Å²) in [6, 6.07) is 3.71. The van der Waals surface area contributed by atoms with Crippen molar-refractivity contribution in [1.82, 2.24) is 4.98 Å². The summed E-state index contributed by atoms with van der Waals surface area (Å²) in [7, 11) is -2.63. The van der Waals surface area contributed by atoms with E-state index < -0.39 is 32.1 Å². The number of rotatable bonds is 2. The summed E-state index contributed by atoms with van der Waals surface area (Å²) in [6.07, 6.45) is 0.878. The molecule has 6 nitrogen and oxygen atoms in total. The van der Waals surface area contributed by atoms with Crippen LogP contribution in [0.15, 0.2) is 24.4 Å². The van der Waals surface area contributed by atoms with Gasteiger partial charge in [0.2, 0.25) is 5.91 Å². The number of fused-ring (bicyclic) bond motifs is 1.